The summed E-state index contributed by atoms with van der Waals surface area (Å²) in [6.45, 7) is 6.19. The molecule has 0 fully saturated rings. The third kappa shape index (κ3) is 3.86. The molecule has 1 aromatic heterocycles. The van der Waals surface area contributed by atoms with Crippen LogP contribution in [0.2, 0.25) is 0 Å². The van der Waals surface area contributed by atoms with E-state index in [1.807, 2.05) is 10.9 Å². The number of benzene rings is 2. The van der Waals surface area contributed by atoms with Crippen LogP contribution in [0.5, 0.6) is 0 Å². The highest BCUT2D eigenvalue weighted by Crippen LogP contribution is 2.28. The monoisotopic (exact) mass is 397 g/mol. The van der Waals surface area contributed by atoms with Gasteiger partial charge in [0.15, 0.2) is 0 Å². The number of rotatable bonds is 4. The Morgan fingerprint density at radius 3 is 2.20 bits per heavy atom. The van der Waals surface area contributed by atoms with E-state index in [-0.39, 0.29) is 0 Å². The lowest BCUT2D eigenvalue weighted by Gasteiger charge is -2.16. The van der Waals surface area contributed by atoms with Gasteiger partial charge in [0.25, 0.3) is 0 Å². The minimum Gasteiger partial charge on any atom is -0.313 e. The van der Waals surface area contributed by atoms with E-state index in [0.717, 1.165) is 56.0 Å². The predicted octanol–water partition coefficient (Wildman–Crippen LogP) is 4.00. The van der Waals surface area contributed by atoms with Crippen LogP contribution in [0.25, 0.3) is 28.1 Å². The lowest BCUT2D eigenvalue weighted by molar-refractivity contribution is 0.738. The van der Waals surface area contributed by atoms with Crippen molar-refractivity contribution >= 4 is 11.1 Å². The molecule has 2 N–H and O–H groups in total. The second-order valence-corrected chi connectivity index (χ2v) is 7.99. The highest BCUT2D eigenvalue weighted by molar-refractivity contribution is 5.73. The van der Waals surface area contributed by atoms with Gasteiger partial charge in [0.2, 0.25) is 0 Å². The van der Waals surface area contributed by atoms with Crippen LogP contribution in [0.4, 0.5) is 0 Å². The van der Waals surface area contributed by atoms with Crippen molar-refractivity contribution < 1.29 is 0 Å². The second kappa shape index (κ2) is 8.38. The summed E-state index contributed by atoms with van der Waals surface area (Å²) in [7, 11) is 0. The topological polar surface area (TPSA) is 54.8 Å². The zero-order chi connectivity index (χ0) is 20.3. The Labute approximate surface area is 177 Å². The molecule has 3 aromatic rings. The molecular weight excluding hydrogens is 370 g/mol. The molecule has 0 bridgehead atoms. The first kappa shape index (κ1) is 19.0. The number of nitrogens with zero attached hydrogens (tertiary/aromatic N) is 3. The van der Waals surface area contributed by atoms with E-state index in [0.29, 0.717) is 0 Å². The van der Waals surface area contributed by atoms with Gasteiger partial charge >= 0.3 is 0 Å². The summed E-state index contributed by atoms with van der Waals surface area (Å²) >= 11 is 0. The molecule has 0 aliphatic carbocycles. The van der Waals surface area contributed by atoms with Gasteiger partial charge in [0.1, 0.15) is 5.69 Å². The van der Waals surface area contributed by atoms with Gasteiger partial charge in [-0.15, -0.1) is 5.10 Å². The zero-order valence-corrected chi connectivity index (χ0v) is 17.4. The summed E-state index contributed by atoms with van der Waals surface area (Å²) in [4.78, 5) is 0. The summed E-state index contributed by atoms with van der Waals surface area (Å²) in [5.41, 5.74) is 9.80. The molecule has 5 rings (SSSR count). The van der Waals surface area contributed by atoms with Crippen molar-refractivity contribution in [2.45, 2.75) is 19.8 Å². The number of hydrogen-bond acceptors (Lipinski definition) is 4. The van der Waals surface area contributed by atoms with Crippen molar-refractivity contribution in [3.05, 3.63) is 77.5 Å². The Morgan fingerprint density at radius 1 is 0.833 bits per heavy atom. The van der Waals surface area contributed by atoms with Crippen LogP contribution in [0.1, 0.15) is 29.5 Å². The molecule has 3 heterocycles. The Hall–Kier alpha value is -3.02. The van der Waals surface area contributed by atoms with Crippen molar-refractivity contribution in [1.82, 2.24) is 25.6 Å². The number of aryl methyl sites for hydroxylation is 1. The fourth-order valence-electron chi connectivity index (χ4n) is 4.29. The molecular formula is C25H27N5. The highest BCUT2D eigenvalue weighted by atomic mass is 15.4. The molecule has 0 saturated heterocycles. The third-order valence-electron chi connectivity index (χ3n) is 5.99. The third-order valence-corrected chi connectivity index (χ3v) is 5.99. The van der Waals surface area contributed by atoms with Crippen LogP contribution >= 0.6 is 0 Å². The van der Waals surface area contributed by atoms with Crippen molar-refractivity contribution in [2.24, 2.45) is 0 Å². The van der Waals surface area contributed by atoms with Gasteiger partial charge in [-0.25, -0.2) is 4.68 Å². The van der Waals surface area contributed by atoms with Gasteiger partial charge in [0.05, 0.1) is 11.9 Å². The molecule has 0 amide bonds. The Balaban J connectivity index is 1.37. The van der Waals surface area contributed by atoms with Crippen LogP contribution in [0.15, 0.2) is 60.8 Å². The van der Waals surface area contributed by atoms with Gasteiger partial charge in [-0.3, -0.25) is 0 Å². The normalized spacial score (nSPS) is 16.8. The molecule has 2 aliphatic rings. The fraction of sp³-hybridized carbons (Fsp3) is 0.280. The van der Waals surface area contributed by atoms with Crippen molar-refractivity contribution in [3.63, 3.8) is 0 Å². The summed E-state index contributed by atoms with van der Waals surface area (Å²) in [5.74, 6) is 0. The molecule has 2 aliphatic heterocycles. The standard InChI is InChI=1S/C25H27N5/c1-18-16-22(4-7-24(18)21-10-14-27-15-11-21)25-17-30(29-28-25)23-5-2-19(3-6-23)20-8-12-26-13-9-20/h2-8,10,16-17,26-27H,9,11-15H2,1H3. The molecule has 5 heteroatoms. The van der Waals surface area contributed by atoms with E-state index in [1.165, 1.54) is 27.8 Å². The molecule has 0 unspecified atom stereocenters. The Kier molecular flexibility index (Phi) is 5.30. The maximum absolute atomic E-state index is 4.43. The Bertz CT molecular complexity index is 1100. The van der Waals surface area contributed by atoms with Gasteiger partial charge in [0, 0.05) is 18.7 Å². The van der Waals surface area contributed by atoms with Crippen LogP contribution in [0, 0.1) is 6.92 Å². The lowest BCUT2D eigenvalue weighted by atomic mass is 9.94. The summed E-state index contributed by atoms with van der Waals surface area (Å²) in [5, 5.41) is 15.5. The minimum atomic E-state index is 0.897. The van der Waals surface area contributed by atoms with Crippen LogP contribution in [-0.4, -0.2) is 41.2 Å². The van der Waals surface area contributed by atoms with Crippen LogP contribution in [0.3, 0.4) is 0 Å². The summed E-state index contributed by atoms with van der Waals surface area (Å²) in [6.07, 6.45) is 8.75. The molecule has 0 saturated carbocycles. The maximum Gasteiger partial charge on any atom is 0.113 e. The molecule has 152 valence electrons. The first-order valence-electron chi connectivity index (χ1n) is 10.7. The SMILES string of the molecule is Cc1cc(-c2cn(-c3ccc(C4=CCNCC4)cc3)nn2)ccc1C1=CCNCC1. The summed E-state index contributed by atoms with van der Waals surface area (Å²) in [6, 6.07) is 15.2. The van der Waals surface area contributed by atoms with E-state index in [9.17, 15) is 0 Å². The molecule has 0 atom stereocenters. The average molecular weight is 398 g/mol. The highest BCUT2D eigenvalue weighted by Gasteiger charge is 2.12. The predicted molar refractivity (Wildman–Crippen MR) is 122 cm³/mol. The van der Waals surface area contributed by atoms with E-state index in [2.05, 4.69) is 82.5 Å². The lowest BCUT2D eigenvalue weighted by Crippen LogP contribution is -2.20. The van der Waals surface area contributed by atoms with Gasteiger partial charge in [-0.1, -0.05) is 41.6 Å². The first-order valence-corrected chi connectivity index (χ1v) is 10.7. The van der Waals surface area contributed by atoms with Crippen molar-refractivity contribution in [2.75, 3.05) is 26.2 Å². The largest absolute Gasteiger partial charge is 0.313 e. The maximum atomic E-state index is 4.43. The van der Waals surface area contributed by atoms with E-state index >= 15 is 0 Å². The van der Waals surface area contributed by atoms with E-state index in [4.69, 9.17) is 0 Å². The van der Waals surface area contributed by atoms with Crippen molar-refractivity contribution in [1.29, 1.82) is 0 Å². The van der Waals surface area contributed by atoms with Gasteiger partial charge < -0.3 is 10.6 Å². The van der Waals surface area contributed by atoms with Gasteiger partial charge in [-0.05, 0) is 78.9 Å². The van der Waals surface area contributed by atoms with E-state index < -0.39 is 0 Å². The quantitative estimate of drug-likeness (QED) is 0.699. The summed E-state index contributed by atoms with van der Waals surface area (Å²) < 4.78 is 1.86. The first-order chi connectivity index (χ1) is 14.8. The number of aromatic nitrogens is 3. The zero-order valence-electron chi connectivity index (χ0n) is 17.4. The van der Waals surface area contributed by atoms with Crippen LogP contribution in [-0.2, 0) is 0 Å². The number of hydrogen-bond donors (Lipinski definition) is 2. The second-order valence-electron chi connectivity index (χ2n) is 7.99. The fourth-order valence-corrected chi connectivity index (χ4v) is 4.29. The molecule has 0 radical (unpaired) electrons. The smallest absolute Gasteiger partial charge is 0.113 e. The molecule has 5 nitrogen and oxygen atoms in total. The van der Waals surface area contributed by atoms with E-state index in [1.54, 1.807) is 0 Å². The molecule has 30 heavy (non-hydrogen) atoms. The van der Waals surface area contributed by atoms with Crippen molar-refractivity contribution in [3.8, 4) is 16.9 Å². The average Bonchev–Trinajstić information content (AvgIpc) is 3.31. The van der Waals surface area contributed by atoms with Crippen LogP contribution < -0.4 is 10.6 Å². The number of nitrogens with one attached hydrogen (secondary N) is 2. The molecule has 2 aromatic carbocycles. The molecule has 0 spiro atoms. The minimum absolute atomic E-state index is 0.897. The van der Waals surface area contributed by atoms with Gasteiger partial charge in [-0.2, -0.15) is 0 Å². The Morgan fingerprint density at radius 2 is 1.53 bits per heavy atom.